The Labute approximate surface area is 112 Å². The van der Waals surface area contributed by atoms with E-state index < -0.39 is 0 Å². The van der Waals surface area contributed by atoms with Gasteiger partial charge in [0.05, 0.1) is 12.0 Å². The summed E-state index contributed by atoms with van der Waals surface area (Å²) in [6.45, 7) is 5.22. The molecule has 0 aliphatic heterocycles. The van der Waals surface area contributed by atoms with Gasteiger partial charge in [-0.05, 0) is 24.9 Å². The fourth-order valence-electron chi connectivity index (χ4n) is 1.36. The predicted molar refractivity (Wildman–Crippen MR) is 71.7 cm³/mol. The molecule has 1 rings (SSSR count). The third-order valence-electron chi connectivity index (χ3n) is 2.24. The molecule has 1 N–H and O–H groups in total. The van der Waals surface area contributed by atoms with E-state index in [0.29, 0.717) is 18.4 Å². The summed E-state index contributed by atoms with van der Waals surface area (Å²) < 4.78 is 0. The number of nitrogens with zero attached hydrogens (tertiary/aromatic N) is 5. The molecular formula is C11H17ClN6. The van der Waals surface area contributed by atoms with Gasteiger partial charge < -0.3 is 10.2 Å². The number of hydrogen-bond donors (Lipinski definition) is 1. The van der Waals surface area contributed by atoms with Gasteiger partial charge in [-0.15, -0.1) is 0 Å². The van der Waals surface area contributed by atoms with Gasteiger partial charge in [0.2, 0.25) is 17.2 Å². The first-order valence-electron chi connectivity index (χ1n) is 5.83. The molecule has 1 heterocycles. The number of rotatable bonds is 6. The first kappa shape index (κ1) is 14.5. The van der Waals surface area contributed by atoms with Crippen LogP contribution in [0.2, 0.25) is 5.28 Å². The molecule has 0 aliphatic carbocycles. The largest absolute Gasteiger partial charge is 0.354 e. The molecule has 1 aromatic rings. The smallest absolute Gasteiger partial charge is 0.231 e. The monoisotopic (exact) mass is 268 g/mol. The zero-order valence-corrected chi connectivity index (χ0v) is 11.6. The summed E-state index contributed by atoms with van der Waals surface area (Å²) in [5, 5.41) is 12.0. The summed E-state index contributed by atoms with van der Waals surface area (Å²) in [7, 11) is 1.82. The van der Waals surface area contributed by atoms with Crippen molar-refractivity contribution in [1.82, 2.24) is 15.0 Å². The second-order valence-electron chi connectivity index (χ2n) is 4.07. The molecule has 0 bridgehead atoms. The van der Waals surface area contributed by atoms with Crippen molar-refractivity contribution in [2.45, 2.75) is 20.3 Å². The molecule has 7 heteroatoms. The van der Waals surface area contributed by atoms with E-state index in [0.717, 1.165) is 13.0 Å². The highest BCUT2D eigenvalue weighted by Gasteiger charge is 2.11. The van der Waals surface area contributed by atoms with E-state index in [1.165, 1.54) is 0 Å². The lowest BCUT2D eigenvalue weighted by Crippen LogP contribution is -2.25. The average Bonchev–Trinajstić information content (AvgIpc) is 2.35. The molecule has 0 spiro atoms. The average molecular weight is 269 g/mol. The Kier molecular flexibility index (Phi) is 5.59. The molecule has 0 radical (unpaired) electrons. The highest BCUT2D eigenvalue weighted by atomic mass is 35.5. The number of nitrogens with one attached hydrogen (secondary N) is 1. The SMILES string of the molecule is CCCNc1nc(Cl)nc(N(C)CC(C)C#N)n1. The third-order valence-corrected chi connectivity index (χ3v) is 2.41. The van der Waals surface area contributed by atoms with Crippen molar-refractivity contribution in [3.8, 4) is 6.07 Å². The second kappa shape index (κ2) is 6.97. The lowest BCUT2D eigenvalue weighted by Gasteiger charge is -2.18. The summed E-state index contributed by atoms with van der Waals surface area (Å²) in [6.07, 6.45) is 0.972. The van der Waals surface area contributed by atoms with Gasteiger partial charge >= 0.3 is 0 Å². The van der Waals surface area contributed by atoms with Crippen molar-refractivity contribution in [3.05, 3.63) is 5.28 Å². The molecule has 0 aliphatic rings. The van der Waals surface area contributed by atoms with Crippen LogP contribution in [0.1, 0.15) is 20.3 Å². The van der Waals surface area contributed by atoms with E-state index >= 15 is 0 Å². The van der Waals surface area contributed by atoms with Crippen LogP contribution in [-0.4, -0.2) is 35.1 Å². The fourth-order valence-corrected chi connectivity index (χ4v) is 1.52. The van der Waals surface area contributed by atoms with Crippen LogP contribution in [0.4, 0.5) is 11.9 Å². The molecule has 0 fully saturated rings. The molecule has 1 atom stereocenters. The van der Waals surface area contributed by atoms with Crippen LogP contribution >= 0.6 is 11.6 Å². The normalized spacial score (nSPS) is 11.7. The van der Waals surface area contributed by atoms with E-state index in [1.54, 1.807) is 4.90 Å². The minimum atomic E-state index is -0.0995. The van der Waals surface area contributed by atoms with Crippen molar-refractivity contribution in [3.63, 3.8) is 0 Å². The topological polar surface area (TPSA) is 77.7 Å². The Morgan fingerprint density at radius 3 is 2.78 bits per heavy atom. The first-order chi connectivity index (χ1) is 8.56. The molecule has 98 valence electrons. The zero-order valence-electron chi connectivity index (χ0n) is 10.8. The number of hydrogen-bond acceptors (Lipinski definition) is 6. The molecule has 18 heavy (non-hydrogen) atoms. The highest BCUT2D eigenvalue weighted by molar-refractivity contribution is 6.28. The van der Waals surface area contributed by atoms with Crippen molar-refractivity contribution >= 4 is 23.5 Å². The molecule has 0 saturated heterocycles. The van der Waals surface area contributed by atoms with E-state index in [1.807, 2.05) is 14.0 Å². The van der Waals surface area contributed by atoms with Crippen LogP contribution < -0.4 is 10.2 Å². The molecule has 6 nitrogen and oxygen atoms in total. The maximum Gasteiger partial charge on any atom is 0.231 e. The van der Waals surface area contributed by atoms with Gasteiger partial charge in [0.15, 0.2) is 0 Å². The van der Waals surface area contributed by atoms with Gasteiger partial charge in [-0.3, -0.25) is 0 Å². The van der Waals surface area contributed by atoms with Crippen LogP contribution in [0.3, 0.4) is 0 Å². The van der Waals surface area contributed by atoms with Crippen molar-refractivity contribution in [2.75, 3.05) is 30.4 Å². The standard InChI is InChI=1S/C11H17ClN6/c1-4-5-14-10-15-9(12)16-11(17-10)18(3)7-8(2)6-13/h8H,4-5,7H2,1-3H3,(H,14,15,16,17). The van der Waals surface area contributed by atoms with Gasteiger partial charge in [-0.2, -0.15) is 20.2 Å². The van der Waals surface area contributed by atoms with Gasteiger partial charge in [0.1, 0.15) is 0 Å². The molecule has 1 aromatic heterocycles. The second-order valence-corrected chi connectivity index (χ2v) is 4.40. The van der Waals surface area contributed by atoms with Gasteiger partial charge in [0.25, 0.3) is 0 Å². The maximum atomic E-state index is 8.79. The number of aromatic nitrogens is 3. The molecule has 1 unspecified atom stereocenters. The van der Waals surface area contributed by atoms with Crippen LogP contribution in [-0.2, 0) is 0 Å². The summed E-state index contributed by atoms with van der Waals surface area (Å²) in [5.74, 6) is 0.830. The minimum absolute atomic E-state index is 0.0995. The van der Waals surface area contributed by atoms with Crippen LogP contribution in [0, 0.1) is 17.2 Å². The summed E-state index contributed by atoms with van der Waals surface area (Å²) >= 11 is 5.85. The molecular weight excluding hydrogens is 252 g/mol. The summed E-state index contributed by atoms with van der Waals surface area (Å²) in [5.41, 5.74) is 0. The number of halogens is 1. The van der Waals surface area contributed by atoms with E-state index in [-0.39, 0.29) is 11.2 Å². The lowest BCUT2D eigenvalue weighted by molar-refractivity contribution is 0.700. The summed E-state index contributed by atoms with van der Waals surface area (Å²) in [6, 6.07) is 2.17. The Bertz CT molecular complexity index is 430. The molecule has 0 saturated carbocycles. The highest BCUT2D eigenvalue weighted by Crippen LogP contribution is 2.13. The van der Waals surface area contributed by atoms with Gasteiger partial charge in [0, 0.05) is 20.1 Å². The van der Waals surface area contributed by atoms with Crippen molar-refractivity contribution < 1.29 is 0 Å². The Morgan fingerprint density at radius 2 is 2.17 bits per heavy atom. The minimum Gasteiger partial charge on any atom is -0.354 e. The van der Waals surface area contributed by atoms with Crippen molar-refractivity contribution in [2.24, 2.45) is 5.92 Å². The van der Waals surface area contributed by atoms with Crippen LogP contribution in [0.5, 0.6) is 0 Å². The summed E-state index contributed by atoms with van der Waals surface area (Å²) in [4.78, 5) is 14.1. The Balaban J connectivity index is 2.81. The van der Waals surface area contributed by atoms with E-state index in [2.05, 4.69) is 33.3 Å². The molecule has 0 amide bonds. The lowest BCUT2D eigenvalue weighted by atomic mass is 10.2. The van der Waals surface area contributed by atoms with Crippen LogP contribution in [0.25, 0.3) is 0 Å². The van der Waals surface area contributed by atoms with Gasteiger partial charge in [-0.1, -0.05) is 6.92 Å². The van der Waals surface area contributed by atoms with E-state index in [9.17, 15) is 0 Å². The fraction of sp³-hybridized carbons (Fsp3) is 0.636. The predicted octanol–water partition coefficient (Wildman–Crippen LogP) is 1.94. The molecule has 0 aromatic carbocycles. The maximum absolute atomic E-state index is 8.79. The third kappa shape index (κ3) is 4.34. The first-order valence-corrected chi connectivity index (χ1v) is 6.20. The number of anilines is 2. The van der Waals surface area contributed by atoms with E-state index in [4.69, 9.17) is 16.9 Å². The zero-order chi connectivity index (χ0) is 13.5. The Morgan fingerprint density at radius 1 is 1.44 bits per heavy atom. The van der Waals surface area contributed by atoms with Crippen LogP contribution in [0.15, 0.2) is 0 Å². The quantitative estimate of drug-likeness (QED) is 0.850. The van der Waals surface area contributed by atoms with Gasteiger partial charge in [-0.25, -0.2) is 0 Å². The Hall–Kier alpha value is -1.61. The van der Waals surface area contributed by atoms with Crippen molar-refractivity contribution in [1.29, 1.82) is 5.26 Å². The number of nitriles is 1.